The fourth-order valence-electron chi connectivity index (χ4n) is 3.55. The summed E-state index contributed by atoms with van der Waals surface area (Å²) >= 11 is 0. The van der Waals surface area contributed by atoms with Crippen molar-refractivity contribution in [1.29, 1.82) is 0 Å². The van der Waals surface area contributed by atoms with Crippen molar-refractivity contribution >= 4 is 41.5 Å². The lowest BCUT2D eigenvalue weighted by atomic mass is 10.2. The maximum atomic E-state index is 11.9. The summed E-state index contributed by atoms with van der Waals surface area (Å²) in [7, 11) is 5.63. The SMILES string of the molecule is CCN1CCCC1CNC(=NCC(=O)N(C)C)NCCCN(C)c1ccccc1.I. The monoisotopic (exact) mass is 530 g/mol. The van der Waals surface area contributed by atoms with Gasteiger partial charge in [-0.1, -0.05) is 25.1 Å². The van der Waals surface area contributed by atoms with Gasteiger partial charge in [0.05, 0.1) is 0 Å². The van der Waals surface area contributed by atoms with E-state index < -0.39 is 0 Å². The number of anilines is 1. The number of amides is 1. The van der Waals surface area contributed by atoms with E-state index in [1.54, 1.807) is 19.0 Å². The number of hydrogen-bond acceptors (Lipinski definition) is 4. The molecule has 0 spiro atoms. The van der Waals surface area contributed by atoms with E-state index in [9.17, 15) is 4.79 Å². The second kappa shape index (κ2) is 14.5. The number of guanidine groups is 1. The minimum absolute atomic E-state index is 0. The van der Waals surface area contributed by atoms with Gasteiger partial charge in [0.1, 0.15) is 6.54 Å². The molecule has 2 rings (SSSR count). The lowest BCUT2D eigenvalue weighted by Gasteiger charge is -2.24. The topological polar surface area (TPSA) is 63.2 Å². The van der Waals surface area contributed by atoms with Gasteiger partial charge in [-0.05, 0) is 44.5 Å². The van der Waals surface area contributed by atoms with Gasteiger partial charge in [-0.25, -0.2) is 4.99 Å². The van der Waals surface area contributed by atoms with Gasteiger partial charge in [0, 0.05) is 52.5 Å². The Bertz CT molecular complexity index is 640. The molecule has 0 aliphatic carbocycles. The van der Waals surface area contributed by atoms with Crippen LogP contribution in [0.3, 0.4) is 0 Å². The molecule has 8 heteroatoms. The number of nitrogens with one attached hydrogen (secondary N) is 2. The number of carbonyl (C=O) groups is 1. The average Bonchev–Trinajstić information content (AvgIpc) is 3.20. The van der Waals surface area contributed by atoms with E-state index in [1.165, 1.54) is 25.1 Å². The maximum Gasteiger partial charge on any atom is 0.243 e. The first-order chi connectivity index (χ1) is 14.0. The normalized spacial score (nSPS) is 16.7. The zero-order valence-corrected chi connectivity index (χ0v) is 21.3. The lowest BCUT2D eigenvalue weighted by molar-refractivity contribution is -0.127. The summed E-state index contributed by atoms with van der Waals surface area (Å²) in [6.07, 6.45) is 3.45. The van der Waals surface area contributed by atoms with Crippen LogP contribution in [0.1, 0.15) is 26.2 Å². The van der Waals surface area contributed by atoms with Gasteiger partial charge in [0.15, 0.2) is 5.96 Å². The number of aliphatic imine (C=N–C) groups is 1. The molecule has 2 N–H and O–H groups in total. The first kappa shape index (κ1) is 26.5. The van der Waals surface area contributed by atoms with E-state index in [2.05, 4.69) is 63.7 Å². The standard InChI is InChI=1S/C22H38N6O.HI/c1-5-28-16-9-13-20(28)17-24-22(25-18-21(29)26(2)3)23-14-10-15-27(4)19-11-7-6-8-12-19;/h6-8,11-12,20H,5,9-10,13-18H2,1-4H3,(H2,23,24,25);1H. The fraction of sp³-hybridized carbons (Fsp3) is 0.636. The molecule has 170 valence electrons. The van der Waals surface area contributed by atoms with Crippen LogP contribution >= 0.6 is 24.0 Å². The smallest absolute Gasteiger partial charge is 0.243 e. The molecule has 30 heavy (non-hydrogen) atoms. The largest absolute Gasteiger partial charge is 0.375 e. The van der Waals surface area contributed by atoms with Gasteiger partial charge in [-0.3, -0.25) is 9.69 Å². The third kappa shape index (κ3) is 9.07. The molecular weight excluding hydrogens is 491 g/mol. The molecule has 1 unspecified atom stereocenters. The van der Waals surface area contributed by atoms with Gasteiger partial charge in [0.2, 0.25) is 5.91 Å². The Labute approximate surface area is 199 Å². The Hall–Kier alpha value is -1.55. The molecule has 0 radical (unpaired) electrons. The number of hydrogen-bond donors (Lipinski definition) is 2. The van der Waals surface area contributed by atoms with Crippen LogP contribution in [0.25, 0.3) is 0 Å². The van der Waals surface area contributed by atoms with Crippen molar-refractivity contribution in [2.45, 2.75) is 32.2 Å². The predicted octanol–water partition coefficient (Wildman–Crippen LogP) is 2.24. The third-order valence-electron chi connectivity index (χ3n) is 5.44. The maximum absolute atomic E-state index is 11.9. The number of halogens is 1. The van der Waals surface area contributed by atoms with E-state index in [0.717, 1.165) is 38.6 Å². The van der Waals surface area contributed by atoms with Crippen LogP contribution in [0.4, 0.5) is 5.69 Å². The lowest BCUT2D eigenvalue weighted by Crippen LogP contribution is -2.45. The van der Waals surface area contributed by atoms with E-state index in [1.807, 2.05) is 6.07 Å². The van der Waals surface area contributed by atoms with Crippen LogP contribution in [0.2, 0.25) is 0 Å². The zero-order chi connectivity index (χ0) is 21.1. The molecule has 1 atom stereocenters. The Morgan fingerprint density at radius 3 is 2.60 bits per heavy atom. The van der Waals surface area contributed by atoms with E-state index >= 15 is 0 Å². The number of likely N-dealkylation sites (N-methyl/N-ethyl adjacent to an activating group) is 2. The molecular formula is C22H39IN6O. The third-order valence-corrected chi connectivity index (χ3v) is 5.44. The van der Waals surface area contributed by atoms with Crippen LogP contribution in [0.15, 0.2) is 35.3 Å². The molecule has 0 bridgehead atoms. The number of carbonyl (C=O) groups excluding carboxylic acids is 1. The molecule has 1 aromatic carbocycles. The van der Waals surface area contributed by atoms with Crippen molar-refractivity contribution in [2.24, 2.45) is 4.99 Å². The number of rotatable bonds is 10. The summed E-state index contributed by atoms with van der Waals surface area (Å²) in [6, 6.07) is 10.9. The summed E-state index contributed by atoms with van der Waals surface area (Å²) in [5.41, 5.74) is 1.22. The highest BCUT2D eigenvalue weighted by molar-refractivity contribution is 14.0. The van der Waals surface area contributed by atoms with E-state index in [-0.39, 0.29) is 36.4 Å². The molecule has 1 saturated heterocycles. The van der Waals surface area contributed by atoms with E-state index in [0.29, 0.717) is 6.04 Å². The Morgan fingerprint density at radius 1 is 1.20 bits per heavy atom. The van der Waals surface area contributed by atoms with Crippen LogP contribution in [-0.2, 0) is 4.79 Å². The number of nitrogens with zero attached hydrogens (tertiary/aromatic N) is 4. The van der Waals surface area contributed by atoms with Crippen molar-refractivity contribution in [3.8, 4) is 0 Å². The highest BCUT2D eigenvalue weighted by atomic mass is 127. The van der Waals surface area contributed by atoms with Crippen molar-refractivity contribution in [1.82, 2.24) is 20.4 Å². The highest BCUT2D eigenvalue weighted by Crippen LogP contribution is 2.15. The second-order valence-electron chi connectivity index (χ2n) is 7.80. The molecule has 0 saturated carbocycles. The van der Waals surface area contributed by atoms with Crippen molar-refractivity contribution in [3.05, 3.63) is 30.3 Å². The summed E-state index contributed by atoms with van der Waals surface area (Å²) < 4.78 is 0. The first-order valence-corrected chi connectivity index (χ1v) is 10.7. The van der Waals surface area contributed by atoms with Crippen LogP contribution in [0, 0.1) is 0 Å². The minimum Gasteiger partial charge on any atom is -0.375 e. The van der Waals surface area contributed by atoms with Gasteiger partial charge in [-0.2, -0.15) is 0 Å². The molecule has 1 heterocycles. The van der Waals surface area contributed by atoms with E-state index in [4.69, 9.17) is 0 Å². The summed E-state index contributed by atoms with van der Waals surface area (Å²) in [4.78, 5) is 22.8. The average molecular weight is 530 g/mol. The van der Waals surface area contributed by atoms with Gasteiger partial charge < -0.3 is 20.4 Å². The Balaban J connectivity index is 0.00000450. The molecule has 1 fully saturated rings. The zero-order valence-electron chi connectivity index (χ0n) is 18.9. The number of likely N-dealkylation sites (tertiary alicyclic amines) is 1. The minimum atomic E-state index is 0. The molecule has 7 nitrogen and oxygen atoms in total. The summed E-state index contributed by atoms with van der Waals surface area (Å²) in [6.45, 7) is 7.25. The quantitative estimate of drug-likeness (QED) is 0.210. The molecule has 1 aromatic rings. The second-order valence-corrected chi connectivity index (χ2v) is 7.80. The summed E-state index contributed by atoms with van der Waals surface area (Å²) in [5.74, 6) is 0.733. The van der Waals surface area contributed by atoms with Crippen molar-refractivity contribution in [3.63, 3.8) is 0 Å². The van der Waals surface area contributed by atoms with Crippen molar-refractivity contribution < 1.29 is 4.79 Å². The van der Waals surface area contributed by atoms with Crippen molar-refractivity contribution in [2.75, 3.05) is 65.3 Å². The predicted molar refractivity (Wildman–Crippen MR) is 137 cm³/mol. The molecule has 1 aliphatic heterocycles. The Kier molecular flexibility index (Phi) is 12.8. The van der Waals surface area contributed by atoms with Gasteiger partial charge in [-0.15, -0.1) is 24.0 Å². The molecule has 0 aromatic heterocycles. The molecule has 1 aliphatic rings. The summed E-state index contributed by atoms with van der Waals surface area (Å²) in [5, 5.41) is 6.85. The van der Waals surface area contributed by atoms with Gasteiger partial charge >= 0.3 is 0 Å². The Morgan fingerprint density at radius 2 is 1.93 bits per heavy atom. The van der Waals surface area contributed by atoms with Gasteiger partial charge in [0.25, 0.3) is 0 Å². The fourth-order valence-corrected chi connectivity index (χ4v) is 3.55. The molecule has 1 amide bonds. The van der Waals surface area contributed by atoms with Crippen LogP contribution in [-0.4, -0.2) is 88.1 Å². The highest BCUT2D eigenvalue weighted by Gasteiger charge is 2.22. The van der Waals surface area contributed by atoms with Crippen LogP contribution < -0.4 is 15.5 Å². The number of para-hydroxylation sites is 1. The van der Waals surface area contributed by atoms with Crippen LogP contribution in [0.5, 0.6) is 0 Å². The first-order valence-electron chi connectivity index (χ1n) is 10.7. The number of benzene rings is 1.